The number of rotatable bonds is 3. The van der Waals surface area contributed by atoms with Crippen LogP contribution < -0.4 is 0 Å². The van der Waals surface area contributed by atoms with Gasteiger partial charge in [0.2, 0.25) is 0 Å². The van der Waals surface area contributed by atoms with Crippen LogP contribution in [0.4, 0.5) is 8.78 Å². The van der Waals surface area contributed by atoms with Gasteiger partial charge in [0.15, 0.2) is 0 Å². The molecule has 2 bridgehead atoms. The molecule has 0 N–H and O–H groups in total. The van der Waals surface area contributed by atoms with Gasteiger partial charge in [-0.2, -0.15) is 10.1 Å². The zero-order valence-corrected chi connectivity index (χ0v) is 17.4. The van der Waals surface area contributed by atoms with E-state index in [1.807, 2.05) is 34.7 Å². The van der Waals surface area contributed by atoms with E-state index in [-0.39, 0.29) is 35.4 Å². The number of nitrogens with zero attached hydrogens (tertiary/aromatic N) is 7. The largest absolute Gasteiger partial charge is 0.334 e. The zero-order valence-electron chi connectivity index (χ0n) is 17.4. The Kier molecular flexibility index (Phi) is 4.24. The predicted molar refractivity (Wildman–Crippen MR) is 111 cm³/mol. The van der Waals surface area contributed by atoms with Gasteiger partial charge in [-0.3, -0.25) is 4.79 Å². The summed E-state index contributed by atoms with van der Waals surface area (Å²) in [5.74, 6) is 0.0186. The molecule has 3 aromatic heterocycles. The Morgan fingerprint density at radius 3 is 2.81 bits per heavy atom. The highest BCUT2D eigenvalue weighted by molar-refractivity contribution is 5.98. The topological polar surface area (TPSA) is 81.2 Å². The number of imidazole rings is 1. The molecule has 2 fully saturated rings. The third-order valence-electron chi connectivity index (χ3n) is 6.93. The van der Waals surface area contributed by atoms with Crippen molar-refractivity contribution in [3.8, 4) is 0 Å². The second-order valence-corrected chi connectivity index (χ2v) is 8.63. The fourth-order valence-electron chi connectivity index (χ4n) is 5.46. The monoisotopic (exact) mass is 437 g/mol. The summed E-state index contributed by atoms with van der Waals surface area (Å²) < 4.78 is 30.5. The molecule has 5 heterocycles. The van der Waals surface area contributed by atoms with E-state index in [9.17, 15) is 13.6 Å². The zero-order chi connectivity index (χ0) is 22.0. The third kappa shape index (κ3) is 2.81. The lowest BCUT2D eigenvalue weighted by Gasteiger charge is -2.40. The van der Waals surface area contributed by atoms with E-state index in [4.69, 9.17) is 0 Å². The molecule has 164 valence electrons. The van der Waals surface area contributed by atoms with Crippen molar-refractivity contribution in [2.24, 2.45) is 7.05 Å². The standard InChI is InChI=1S/C22H21F2N7O/c1-29-11-26-15-8-12(2-6-18(15)29)21(32)30-13-3-5-14(17(30)7-4-13)19-9-16(20(23)24)28-22-25-10-27-31(19)22/h2,6,8-11,13-14,17,20H,3-5,7H2,1H3/t13-,14?,17?/m1/s1. The first-order valence-electron chi connectivity index (χ1n) is 10.7. The smallest absolute Gasteiger partial charge is 0.280 e. The molecule has 0 saturated carbocycles. The first-order chi connectivity index (χ1) is 15.5. The number of carbonyl (C=O) groups is 1. The molecule has 2 unspecified atom stereocenters. The van der Waals surface area contributed by atoms with Crippen LogP contribution in [0.1, 0.15) is 59.8 Å². The first kappa shape index (κ1) is 19.3. The minimum absolute atomic E-state index is 0.0345. The lowest BCUT2D eigenvalue weighted by molar-refractivity contribution is 0.0554. The number of fused-ring (bicyclic) bond motifs is 4. The molecule has 1 aromatic carbocycles. The molecule has 0 aliphatic carbocycles. The summed E-state index contributed by atoms with van der Waals surface area (Å²) in [4.78, 5) is 27.9. The number of piperidine rings is 1. The van der Waals surface area contributed by atoms with Crippen molar-refractivity contribution < 1.29 is 13.6 Å². The average molecular weight is 437 g/mol. The van der Waals surface area contributed by atoms with Gasteiger partial charge in [-0.25, -0.2) is 23.3 Å². The van der Waals surface area contributed by atoms with Crippen LogP contribution in [0, 0.1) is 0 Å². The molecule has 1 amide bonds. The number of hydrogen-bond donors (Lipinski definition) is 0. The number of aryl methyl sites for hydroxylation is 1. The van der Waals surface area contributed by atoms with Crippen molar-refractivity contribution in [3.05, 3.63) is 53.9 Å². The van der Waals surface area contributed by atoms with Gasteiger partial charge < -0.3 is 9.47 Å². The third-order valence-corrected chi connectivity index (χ3v) is 6.93. The molecular weight excluding hydrogens is 416 g/mol. The number of halogens is 2. The van der Waals surface area contributed by atoms with Crippen molar-refractivity contribution in [2.45, 2.75) is 50.1 Å². The predicted octanol–water partition coefficient (Wildman–Crippen LogP) is 3.50. The van der Waals surface area contributed by atoms with Crippen molar-refractivity contribution in [2.75, 3.05) is 0 Å². The minimum Gasteiger partial charge on any atom is -0.334 e. The van der Waals surface area contributed by atoms with E-state index in [2.05, 4.69) is 20.1 Å². The lowest BCUT2D eigenvalue weighted by atomic mass is 9.86. The highest BCUT2D eigenvalue weighted by Crippen LogP contribution is 2.45. The van der Waals surface area contributed by atoms with Crippen LogP contribution in [0.3, 0.4) is 0 Å². The number of benzene rings is 1. The molecule has 2 aliphatic heterocycles. The van der Waals surface area contributed by atoms with Gasteiger partial charge in [0, 0.05) is 30.6 Å². The van der Waals surface area contributed by atoms with E-state index < -0.39 is 6.43 Å². The number of amides is 1. The summed E-state index contributed by atoms with van der Waals surface area (Å²) in [6, 6.07) is 7.09. The highest BCUT2D eigenvalue weighted by Gasteiger charge is 2.46. The van der Waals surface area contributed by atoms with Crippen LogP contribution >= 0.6 is 0 Å². The summed E-state index contributed by atoms with van der Waals surface area (Å²) in [6.45, 7) is 0. The molecule has 3 atom stereocenters. The van der Waals surface area contributed by atoms with Crippen LogP contribution in [0.2, 0.25) is 0 Å². The fourth-order valence-corrected chi connectivity index (χ4v) is 5.46. The van der Waals surface area contributed by atoms with Crippen LogP contribution in [-0.2, 0) is 7.05 Å². The van der Waals surface area contributed by atoms with Gasteiger partial charge in [-0.15, -0.1) is 0 Å². The van der Waals surface area contributed by atoms with Gasteiger partial charge in [-0.1, -0.05) is 0 Å². The van der Waals surface area contributed by atoms with Crippen LogP contribution in [-0.4, -0.2) is 52.0 Å². The molecule has 2 saturated heterocycles. The molecule has 32 heavy (non-hydrogen) atoms. The second-order valence-electron chi connectivity index (χ2n) is 8.63. The van der Waals surface area contributed by atoms with Crippen LogP contribution in [0.15, 0.2) is 36.9 Å². The molecule has 0 spiro atoms. The van der Waals surface area contributed by atoms with Crippen LogP contribution in [0.25, 0.3) is 16.8 Å². The Morgan fingerprint density at radius 2 is 1.97 bits per heavy atom. The average Bonchev–Trinajstić information content (AvgIpc) is 3.49. The van der Waals surface area contributed by atoms with Crippen LogP contribution in [0.5, 0.6) is 0 Å². The highest BCUT2D eigenvalue weighted by atomic mass is 19.3. The summed E-state index contributed by atoms with van der Waals surface area (Å²) in [7, 11) is 1.92. The Labute approximate surface area is 181 Å². The molecular formula is C22H21F2N7O. The molecule has 0 radical (unpaired) electrons. The molecule has 4 aromatic rings. The van der Waals surface area contributed by atoms with Gasteiger partial charge in [0.25, 0.3) is 18.1 Å². The van der Waals surface area contributed by atoms with Crippen molar-refractivity contribution in [1.82, 2.24) is 34.0 Å². The minimum atomic E-state index is -2.70. The Hall–Kier alpha value is -3.43. The van der Waals surface area contributed by atoms with Gasteiger partial charge >= 0.3 is 0 Å². The molecule has 8 nitrogen and oxygen atoms in total. The summed E-state index contributed by atoms with van der Waals surface area (Å²) in [6.07, 6.45) is 3.72. The second kappa shape index (κ2) is 7.04. The van der Waals surface area contributed by atoms with Crippen molar-refractivity contribution >= 4 is 22.7 Å². The lowest BCUT2D eigenvalue weighted by Crippen LogP contribution is -2.47. The van der Waals surface area contributed by atoms with E-state index in [1.54, 1.807) is 6.33 Å². The SMILES string of the molecule is Cn1cnc2cc(C(=O)N3C4CC[C@H]3CCC4c3cc(C(F)F)nc4ncnn34)ccc21. The molecule has 6 rings (SSSR count). The number of aromatic nitrogens is 6. The summed E-state index contributed by atoms with van der Waals surface area (Å²) in [5.41, 5.74) is 2.68. The van der Waals surface area contributed by atoms with Gasteiger partial charge in [0.05, 0.1) is 23.1 Å². The maximum absolute atomic E-state index is 13.6. The number of alkyl halides is 2. The molecule has 10 heteroatoms. The maximum atomic E-state index is 13.6. The summed E-state index contributed by atoms with van der Waals surface area (Å²) >= 11 is 0. The quantitative estimate of drug-likeness (QED) is 0.490. The van der Waals surface area contributed by atoms with E-state index in [1.165, 1.54) is 16.9 Å². The summed E-state index contributed by atoms with van der Waals surface area (Å²) in [5, 5.41) is 4.23. The Bertz CT molecular complexity index is 1350. The van der Waals surface area contributed by atoms with E-state index in [0.29, 0.717) is 11.3 Å². The van der Waals surface area contributed by atoms with Crippen molar-refractivity contribution in [3.63, 3.8) is 0 Å². The fraction of sp³-hybridized carbons (Fsp3) is 0.409. The van der Waals surface area contributed by atoms with Gasteiger partial charge in [0.1, 0.15) is 12.0 Å². The van der Waals surface area contributed by atoms with E-state index >= 15 is 0 Å². The number of hydrogen-bond acceptors (Lipinski definition) is 5. The Balaban J connectivity index is 1.39. The number of carbonyl (C=O) groups excluding carboxylic acids is 1. The van der Waals surface area contributed by atoms with Crippen molar-refractivity contribution in [1.29, 1.82) is 0 Å². The van der Waals surface area contributed by atoms with Gasteiger partial charge in [-0.05, 0) is 49.9 Å². The maximum Gasteiger partial charge on any atom is 0.280 e. The Morgan fingerprint density at radius 1 is 1.12 bits per heavy atom. The normalized spacial score (nSPS) is 23.0. The van der Waals surface area contributed by atoms with E-state index in [0.717, 1.165) is 36.7 Å². The first-order valence-corrected chi connectivity index (χ1v) is 10.7. The molecule has 2 aliphatic rings.